The standard InChI is InChI=1S/C14H22N4O3/c1-5-7-15-13-8-11(12(9-16-13)18(20)21)14(19)17(4)10(3)6-2/h8-10H,5-7H2,1-4H3,(H,15,16). The molecule has 116 valence electrons. The molecule has 0 fully saturated rings. The van der Waals surface area contributed by atoms with Crippen molar-refractivity contribution in [3.05, 3.63) is 27.9 Å². The topological polar surface area (TPSA) is 88.4 Å². The van der Waals surface area contributed by atoms with Crippen molar-refractivity contribution in [2.75, 3.05) is 18.9 Å². The maximum Gasteiger partial charge on any atom is 0.300 e. The number of nitrogens with one attached hydrogen (secondary N) is 1. The van der Waals surface area contributed by atoms with Crippen molar-refractivity contribution in [3.8, 4) is 0 Å². The van der Waals surface area contributed by atoms with Gasteiger partial charge in [0.05, 0.1) is 4.92 Å². The molecule has 1 aromatic rings. The molecule has 1 atom stereocenters. The molecular weight excluding hydrogens is 272 g/mol. The van der Waals surface area contributed by atoms with Crippen LogP contribution >= 0.6 is 0 Å². The fourth-order valence-electron chi connectivity index (χ4n) is 1.78. The Labute approximate surface area is 124 Å². The van der Waals surface area contributed by atoms with Crippen molar-refractivity contribution in [3.63, 3.8) is 0 Å². The van der Waals surface area contributed by atoms with E-state index >= 15 is 0 Å². The van der Waals surface area contributed by atoms with Crippen LogP contribution in [0.4, 0.5) is 11.5 Å². The second kappa shape index (κ2) is 7.56. The first-order valence-corrected chi connectivity index (χ1v) is 7.07. The minimum Gasteiger partial charge on any atom is -0.370 e. The molecule has 1 unspecified atom stereocenters. The summed E-state index contributed by atoms with van der Waals surface area (Å²) in [7, 11) is 1.65. The molecule has 0 aliphatic rings. The van der Waals surface area contributed by atoms with Crippen LogP contribution in [-0.2, 0) is 0 Å². The van der Waals surface area contributed by atoms with Crippen molar-refractivity contribution >= 4 is 17.4 Å². The minimum atomic E-state index is -0.575. The molecule has 0 saturated heterocycles. The highest BCUT2D eigenvalue weighted by molar-refractivity contribution is 5.98. The van der Waals surface area contributed by atoms with Crippen molar-refractivity contribution in [1.82, 2.24) is 9.88 Å². The van der Waals surface area contributed by atoms with Gasteiger partial charge in [0.1, 0.15) is 17.6 Å². The number of aromatic nitrogens is 1. The van der Waals surface area contributed by atoms with Gasteiger partial charge in [-0.1, -0.05) is 13.8 Å². The fourth-order valence-corrected chi connectivity index (χ4v) is 1.78. The first kappa shape index (κ1) is 16.9. The number of pyridine rings is 1. The van der Waals surface area contributed by atoms with Gasteiger partial charge in [-0.2, -0.15) is 0 Å². The molecule has 21 heavy (non-hydrogen) atoms. The zero-order valence-corrected chi connectivity index (χ0v) is 12.9. The number of amides is 1. The molecule has 0 saturated carbocycles. The van der Waals surface area contributed by atoms with Crippen LogP contribution in [0.2, 0.25) is 0 Å². The van der Waals surface area contributed by atoms with Gasteiger partial charge in [-0.3, -0.25) is 14.9 Å². The summed E-state index contributed by atoms with van der Waals surface area (Å²) in [5.41, 5.74) is -0.200. The Balaban J connectivity index is 3.16. The van der Waals surface area contributed by atoms with Crippen LogP contribution in [0.5, 0.6) is 0 Å². The van der Waals surface area contributed by atoms with Gasteiger partial charge in [0.15, 0.2) is 0 Å². The summed E-state index contributed by atoms with van der Waals surface area (Å²) in [5.74, 6) is 0.112. The van der Waals surface area contributed by atoms with Crippen LogP contribution in [0.1, 0.15) is 44.0 Å². The summed E-state index contributed by atoms with van der Waals surface area (Å²) in [6.45, 7) is 6.56. The molecule has 1 aromatic heterocycles. The van der Waals surface area contributed by atoms with E-state index in [9.17, 15) is 14.9 Å². The Kier molecular flexibility index (Phi) is 6.08. The van der Waals surface area contributed by atoms with Crippen molar-refractivity contribution in [1.29, 1.82) is 0 Å². The third-order valence-corrected chi connectivity index (χ3v) is 3.44. The molecule has 0 aliphatic carbocycles. The summed E-state index contributed by atoms with van der Waals surface area (Å²) in [4.78, 5) is 28.5. The number of nitrogens with zero attached hydrogens (tertiary/aromatic N) is 3. The molecule has 7 nitrogen and oxygen atoms in total. The lowest BCUT2D eigenvalue weighted by atomic mass is 10.1. The molecule has 1 N–H and O–H groups in total. The average molecular weight is 294 g/mol. The number of carbonyl (C=O) groups is 1. The maximum atomic E-state index is 12.5. The molecule has 1 rings (SSSR count). The van der Waals surface area contributed by atoms with E-state index in [1.165, 1.54) is 11.0 Å². The Hall–Kier alpha value is -2.18. The van der Waals surface area contributed by atoms with Gasteiger partial charge in [0, 0.05) is 25.7 Å². The van der Waals surface area contributed by atoms with Crippen molar-refractivity contribution in [2.24, 2.45) is 0 Å². The summed E-state index contributed by atoms with van der Waals surface area (Å²) in [6, 6.07) is 1.46. The van der Waals surface area contributed by atoms with E-state index in [1.807, 2.05) is 20.8 Å². The predicted octanol–water partition coefficient (Wildman–Crippen LogP) is 2.68. The normalized spacial score (nSPS) is 11.8. The average Bonchev–Trinajstić information content (AvgIpc) is 2.50. The molecule has 0 radical (unpaired) electrons. The van der Waals surface area contributed by atoms with Crippen molar-refractivity contribution in [2.45, 2.75) is 39.7 Å². The third-order valence-electron chi connectivity index (χ3n) is 3.44. The van der Waals surface area contributed by atoms with Crippen LogP contribution in [0.25, 0.3) is 0 Å². The van der Waals surface area contributed by atoms with E-state index in [0.29, 0.717) is 12.4 Å². The summed E-state index contributed by atoms with van der Waals surface area (Å²) in [6.07, 6.45) is 2.81. The highest BCUT2D eigenvalue weighted by Crippen LogP contribution is 2.22. The Morgan fingerprint density at radius 2 is 2.19 bits per heavy atom. The van der Waals surface area contributed by atoms with Crippen molar-refractivity contribution < 1.29 is 9.72 Å². The molecule has 7 heteroatoms. The number of nitro groups is 1. The number of carbonyl (C=O) groups excluding carboxylic acids is 1. The first-order valence-electron chi connectivity index (χ1n) is 7.07. The third kappa shape index (κ3) is 4.14. The zero-order chi connectivity index (χ0) is 16.0. The van der Waals surface area contributed by atoms with E-state index in [1.54, 1.807) is 7.05 Å². The summed E-state index contributed by atoms with van der Waals surface area (Å²) < 4.78 is 0. The molecular formula is C14H22N4O3. The Morgan fingerprint density at radius 1 is 1.52 bits per heavy atom. The number of hydrogen-bond donors (Lipinski definition) is 1. The number of anilines is 1. The maximum absolute atomic E-state index is 12.5. The quantitative estimate of drug-likeness (QED) is 0.617. The van der Waals surface area contributed by atoms with Gasteiger partial charge < -0.3 is 10.2 Å². The van der Waals surface area contributed by atoms with E-state index in [2.05, 4.69) is 10.3 Å². The Morgan fingerprint density at radius 3 is 2.71 bits per heavy atom. The van der Waals surface area contributed by atoms with E-state index < -0.39 is 4.92 Å². The van der Waals surface area contributed by atoms with E-state index in [4.69, 9.17) is 0 Å². The highest BCUT2D eigenvalue weighted by atomic mass is 16.6. The van der Waals surface area contributed by atoms with Gasteiger partial charge in [0.25, 0.3) is 11.6 Å². The molecule has 1 amide bonds. The second-order valence-corrected chi connectivity index (χ2v) is 4.94. The van der Waals surface area contributed by atoms with Crippen LogP contribution in [0.15, 0.2) is 12.3 Å². The highest BCUT2D eigenvalue weighted by Gasteiger charge is 2.26. The lowest BCUT2D eigenvalue weighted by Gasteiger charge is -2.23. The fraction of sp³-hybridized carbons (Fsp3) is 0.571. The monoisotopic (exact) mass is 294 g/mol. The predicted molar refractivity (Wildman–Crippen MR) is 81.5 cm³/mol. The van der Waals surface area contributed by atoms with Crippen LogP contribution in [-0.4, -0.2) is 40.3 Å². The van der Waals surface area contributed by atoms with E-state index in [0.717, 1.165) is 19.0 Å². The largest absolute Gasteiger partial charge is 0.370 e. The van der Waals surface area contributed by atoms with E-state index in [-0.39, 0.29) is 23.2 Å². The molecule has 0 bridgehead atoms. The SMILES string of the molecule is CCCNc1cc(C(=O)N(C)C(C)CC)c([N+](=O)[O-])cn1. The number of hydrogen-bond acceptors (Lipinski definition) is 5. The zero-order valence-electron chi connectivity index (χ0n) is 12.9. The van der Waals surface area contributed by atoms with Gasteiger partial charge in [-0.15, -0.1) is 0 Å². The van der Waals surface area contributed by atoms with Gasteiger partial charge in [-0.05, 0) is 19.8 Å². The molecule has 0 spiro atoms. The molecule has 0 aliphatic heterocycles. The number of rotatable bonds is 7. The van der Waals surface area contributed by atoms with Gasteiger partial charge in [0.2, 0.25) is 0 Å². The summed E-state index contributed by atoms with van der Waals surface area (Å²) >= 11 is 0. The first-order chi connectivity index (χ1) is 9.92. The summed E-state index contributed by atoms with van der Waals surface area (Å²) in [5, 5.41) is 14.1. The molecule has 1 heterocycles. The lowest BCUT2D eigenvalue weighted by Crippen LogP contribution is -2.35. The minimum absolute atomic E-state index is 0.0114. The lowest BCUT2D eigenvalue weighted by molar-refractivity contribution is -0.385. The second-order valence-electron chi connectivity index (χ2n) is 4.94. The smallest absolute Gasteiger partial charge is 0.300 e. The van der Waals surface area contributed by atoms with Crippen LogP contribution < -0.4 is 5.32 Å². The van der Waals surface area contributed by atoms with Gasteiger partial charge in [-0.25, -0.2) is 4.98 Å². The van der Waals surface area contributed by atoms with Crippen LogP contribution in [0, 0.1) is 10.1 Å². The van der Waals surface area contributed by atoms with Gasteiger partial charge >= 0.3 is 0 Å². The van der Waals surface area contributed by atoms with Crippen LogP contribution in [0.3, 0.4) is 0 Å². The molecule has 0 aromatic carbocycles. The Bertz CT molecular complexity index is 519.